The molecular weight excluding hydrogens is 452 g/mol. The van der Waals surface area contributed by atoms with Crippen LogP contribution in [-0.2, 0) is 9.59 Å². The minimum Gasteiger partial charge on any atom is -0.493 e. The van der Waals surface area contributed by atoms with E-state index < -0.39 is 17.8 Å². The maximum absolute atomic E-state index is 12.9. The minimum absolute atomic E-state index is 0.229. The molecule has 9 heteroatoms. The molecule has 7 nitrogen and oxygen atoms in total. The van der Waals surface area contributed by atoms with E-state index in [-0.39, 0.29) is 11.3 Å². The maximum Gasteiger partial charge on any atom is 0.335 e. The molecule has 2 aromatic rings. The fourth-order valence-corrected chi connectivity index (χ4v) is 3.28. The number of hydrogen-bond acceptors (Lipinski definition) is 5. The molecule has 28 heavy (non-hydrogen) atoms. The van der Waals surface area contributed by atoms with E-state index in [9.17, 15) is 14.4 Å². The molecule has 0 radical (unpaired) electrons. The summed E-state index contributed by atoms with van der Waals surface area (Å²) in [6, 6.07) is 8.61. The fourth-order valence-electron chi connectivity index (χ4n) is 2.70. The Morgan fingerprint density at radius 1 is 1.07 bits per heavy atom. The quantitative estimate of drug-likeness (QED) is 0.549. The Kier molecular flexibility index (Phi) is 5.71. The first-order valence-electron chi connectivity index (χ1n) is 7.94. The van der Waals surface area contributed by atoms with Crippen LogP contribution < -0.4 is 19.7 Å². The third kappa shape index (κ3) is 3.74. The number of benzene rings is 2. The van der Waals surface area contributed by atoms with Crippen LogP contribution in [0.15, 0.2) is 46.4 Å². The molecule has 4 amide bonds. The zero-order chi connectivity index (χ0) is 20.4. The van der Waals surface area contributed by atoms with Gasteiger partial charge in [0.25, 0.3) is 11.8 Å². The third-order valence-corrected chi connectivity index (χ3v) is 4.67. The van der Waals surface area contributed by atoms with Crippen molar-refractivity contribution in [3.63, 3.8) is 0 Å². The average Bonchev–Trinajstić information content (AvgIpc) is 2.66. The van der Waals surface area contributed by atoms with Crippen molar-refractivity contribution in [3.05, 3.63) is 57.0 Å². The van der Waals surface area contributed by atoms with Crippen LogP contribution >= 0.6 is 27.5 Å². The highest BCUT2D eigenvalue weighted by Crippen LogP contribution is 2.36. The predicted octanol–water partition coefficient (Wildman–Crippen LogP) is 3.79. The first-order valence-corrected chi connectivity index (χ1v) is 9.11. The van der Waals surface area contributed by atoms with Crippen molar-refractivity contribution in [2.24, 2.45) is 0 Å². The van der Waals surface area contributed by atoms with E-state index in [1.165, 1.54) is 32.4 Å². The highest BCUT2D eigenvalue weighted by molar-refractivity contribution is 9.10. The predicted molar refractivity (Wildman–Crippen MR) is 108 cm³/mol. The lowest BCUT2D eigenvalue weighted by Crippen LogP contribution is -2.54. The largest absolute Gasteiger partial charge is 0.493 e. The number of amides is 4. The SMILES string of the molecule is COc1cc(Br)cc(/C=C2/C(=O)NC(=O)N(c3ccc(Cl)cc3)C2=O)c1OC. The first kappa shape index (κ1) is 19.9. The van der Waals surface area contributed by atoms with Gasteiger partial charge in [-0.25, -0.2) is 9.69 Å². The Bertz CT molecular complexity index is 1000. The zero-order valence-electron chi connectivity index (χ0n) is 14.8. The molecule has 1 fully saturated rings. The van der Waals surface area contributed by atoms with E-state index in [1.807, 2.05) is 0 Å². The van der Waals surface area contributed by atoms with Crippen LogP contribution in [0.25, 0.3) is 6.08 Å². The molecule has 1 heterocycles. The van der Waals surface area contributed by atoms with Gasteiger partial charge in [0, 0.05) is 15.1 Å². The van der Waals surface area contributed by atoms with Gasteiger partial charge in [-0.2, -0.15) is 0 Å². The molecule has 0 unspecified atom stereocenters. The fraction of sp³-hybridized carbons (Fsp3) is 0.105. The lowest BCUT2D eigenvalue weighted by Gasteiger charge is -2.26. The van der Waals surface area contributed by atoms with E-state index in [0.717, 1.165) is 4.90 Å². The second-order valence-corrected chi connectivity index (χ2v) is 7.02. The number of ether oxygens (including phenoxy) is 2. The van der Waals surface area contributed by atoms with Gasteiger partial charge in [-0.05, 0) is 42.5 Å². The molecule has 2 aromatic carbocycles. The highest BCUT2D eigenvalue weighted by atomic mass is 79.9. The number of rotatable bonds is 4. The molecule has 0 bridgehead atoms. The number of carbonyl (C=O) groups excluding carboxylic acids is 3. The number of urea groups is 1. The smallest absolute Gasteiger partial charge is 0.335 e. The Labute approximate surface area is 174 Å². The van der Waals surface area contributed by atoms with Crippen molar-refractivity contribution in [2.45, 2.75) is 0 Å². The summed E-state index contributed by atoms with van der Waals surface area (Å²) in [5.74, 6) is -0.815. The lowest BCUT2D eigenvalue weighted by molar-refractivity contribution is -0.122. The van der Waals surface area contributed by atoms with Gasteiger partial charge in [-0.1, -0.05) is 27.5 Å². The number of imide groups is 2. The van der Waals surface area contributed by atoms with Crippen molar-refractivity contribution in [1.82, 2.24) is 5.32 Å². The van der Waals surface area contributed by atoms with Crippen LogP contribution in [0.4, 0.5) is 10.5 Å². The Hall–Kier alpha value is -2.84. The van der Waals surface area contributed by atoms with Gasteiger partial charge < -0.3 is 9.47 Å². The summed E-state index contributed by atoms with van der Waals surface area (Å²) < 4.78 is 11.3. The lowest BCUT2D eigenvalue weighted by atomic mass is 10.1. The Morgan fingerprint density at radius 2 is 1.75 bits per heavy atom. The molecule has 0 aromatic heterocycles. The Balaban J connectivity index is 2.09. The van der Waals surface area contributed by atoms with E-state index in [1.54, 1.807) is 24.3 Å². The van der Waals surface area contributed by atoms with Gasteiger partial charge in [0.1, 0.15) is 5.57 Å². The summed E-state index contributed by atoms with van der Waals surface area (Å²) in [6.07, 6.45) is 1.35. The third-order valence-electron chi connectivity index (χ3n) is 3.96. The molecule has 1 aliphatic heterocycles. The number of nitrogens with one attached hydrogen (secondary N) is 1. The number of carbonyl (C=O) groups is 3. The van der Waals surface area contributed by atoms with Crippen LogP contribution in [0, 0.1) is 0 Å². The number of barbiturate groups is 1. The molecule has 1 saturated heterocycles. The van der Waals surface area contributed by atoms with Gasteiger partial charge in [-0.3, -0.25) is 14.9 Å². The summed E-state index contributed by atoms with van der Waals surface area (Å²) >= 11 is 9.21. The van der Waals surface area contributed by atoms with Crippen LogP contribution in [0.3, 0.4) is 0 Å². The molecule has 0 aliphatic carbocycles. The van der Waals surface area contributed by atoms with Crippen LogP contribution in [0.1, 0.15) is 5.56 Å². The topological polar surface area (TPSA) is 84.9 Å². The van der Waals surface area contributed by atoms with E-state index >= 15 is 0 Å². The summed E-state index contributed by atoms with van der Waals surface area (Å²) in [4.78, 5) is 38.4. The molecule has 1 aliphatic rings. The van der Waals surface area contributed by atoms with Crippen molar-refractivity contribution in [3.8, 4) is 11.5 Å². The maximum atomic E-state index is 12.9. The monoisotopic (exact) mass is 464 g/mol. The summed E-state index contributed by atoms with van der Waals surface area (Å²) in [5.41, 5.74) is 0.481. The van der Waals surface area contributed by atoms with Gasteiger partial charge >= 0.3 is 6.03 Å². The summed E-state index contributed by atoms with van der Waals surface area (Å²) in [5, 5.41) is 2.62. The van der Waals surface area contributed by atoms with Crippen molar-refractivity contribution < 1.29 is 23.9 Å². The standard InChI is InChI=1S/C19H14BrClN2O5/c1-27-15-9-11(20)7-10(16(15)28-2)8-14-17(24)22-19(26)23(18(14)25)13-5-3-12(21)4-6-13/h3-9H,1-2H3,(H,22,24,26)/b14-8-. The molecule has 0 atom stereocenters. The van der Waals surface area contributed by atoms with Crippen molar-refractivity contribution in [2.75, 3.05) is 19.1 Å². The number of methoxy groups -OCH3 is 2. The number of hydrogen-bond donors (Lipinski definition) is 1. The first-order chi connectivity index (χ1) is 13.3. The van der Waals surface area contributed by atoms with Gasteiger partial charge in [0.15, 0.2) is 11.5 Å². The summed E-state index contributed by atoms with van der Waals surface area (Å²) in [6.45, 7) is 0. The van der Waals surface area contributed by atoms with E-state index in [0.29, 0.717) is 26.6 Å². The molecule has 0 saturated carbocycles. The highest BCUT2D eigenvalue weighted by Gasteiger charge is 2.37. The second kappa shape index (κ2) is 8.04. The molecule has 144 valence electrons. The molecule has 1 N–H and O–H groups in total. The van der Waals surface area contributed by atoms with Crippen molar-refractivity contribution >= 4 is 57.1 Å². The molecular formula is C19H14BrClN2O5. The van der Waals surface area contributed by atoms with Gasteiger partial charge in [0.2, 0.25) is 0 Å². The van der Waals surface area contributed by atoms with E-state index in [2.05, 4.69) is 21.2 Å². The summed E-state index contributed by atoms with van der Waals surface area (Å²) in [7, 11) is 2.92. The number of nitrogens with zero attached hydrogens (tertiary/aromatic N) is 1. The minimum atomic E-state index is -0.840. The number of anilines is 1. The van der Waals surface area contributed by atoms with Gasteiger partial charge in [0.05, 0.1) is 19.9 Å². The van der Waals surface area contributed by atoms with Gasteiger partial charge in [-0.15, -0.1) is 0 Å². The Morgan fingerprint density at radius 3 is 2.36 bits per heavy atom. The van der Waals surface area contributed by atoms with E-state index in [4.69, 9.17) is 21.1 Å². The van der Waals surface area contributed by atoms with Crippen molar-refractivity contribution in [1.29, 1.82) is 0 Å². The average molecular weight is 466 g/mol. The van der Waals surface area contributed by atoms with Crippen LogP contribution in [0.5, 0.6) is 11.5 Å². The molecule has 0 spiro atoms. The second-order valence-electron chi connectivity index (χ2n) is 5.66. The molecule has 3 rings (SSSR count). The normalized spacial score (nSPS) is 15.6. The van der Waals surface area contributed by atoms with Crippen LogP contribution in [-0.4, -0.2) is 32.1 Å². The zero-order valence-corrected chi connectivity index (χ0v) is 17.1. The van der Waals surface area contributed by atoms with Crippen LogP contribution in [0.2, 0.25) is 5.02 Å². The number of halogens is 2.